The monoisotopic (exact) mass is 527 g/mol. The maximum Gasteiger partial charge on any atom is 0.673 e. The molecule has 4 rings (SSSR count). The number of likely N-dealkylation sites (N-methyl/N-ethyl adjacent to an activating group) is 1. The van der Waals surface area contributed by atoms with E-state index in [-0.39, 0.29) is 5.41 Å². The summed E-state index contributed by atoms with van der Waals surface area (Å²) in [7, 11) is -3.96. The summed E-state index contributed by atoms with van der Waals surface area (Å²) in [6.45, 7) is 6.93. The van der Waals surface area contributed by atoms with Gasteiger partial charge in [-0.25, -0.2) is 4.57 Å². The van der Waals surface area contributed by atoms with Crippen LogP contribution in [0.15, 0.2) is 71.7 Å². The van der Waals surface area contributed by atoms with Crippen molar-refractivity contribution in [1.29, 1.82) is 0 Å². The molecule has 192 valence electrons. The molecule has 3 nitrogen and oxygen atoms in total. The smallest absolute Gasteiger partial charge is 0.418 e. The van der Waals surface area contributed by atoms with Gasteiger partial charge in [-0.3, -0.25) is 0 Å². The number of fused-ring (bicyclic) bond motifs is 2. The second kappa shape index (κ2) is 10.5. The first kappa shape index (κ1) is 27.5. The van der Waals surface area contributed by atoms with Crippen molar-refractivity contribution in [2.24, 2.45) is 0 Å². The first-order chi connectivity index (χ1) is 16.8. The van der Waals surface area contributed by atoms with Gasteiger partial charge in [0.1, 0.15) is 0 Å². The molecule has 2 heterocycles. The molecule has 0 radical (unpaired) electrons. The third kappa shape index (κ3) is 5.48. The van der Waals surface area contributed by atoms with E-state index in [0.717, 1.165) is 11.2 Å². The SMILES string of the molecule is CC[n+]1c(/C=C/C=C2\N(C)c3ccccc3C2(C)C)n(/C(F)=C(\F)Cl)c2ccccc21.F[B-](F)(F)F. The van der Waals surface area contributed by atoms with Crippen LogP contribution in [-0.2, 0) is 12.0 Å². The Morgan fingerprint density at radius 1 is 1.03 bits per heavy atom. The molecule has 0 N–H and O–H groups in total. The number of hydrogen-bond acceptors (Lipinski definition) is 1. The van der Waals surface area contributed by atoms with Crippen LogP contribution in [0.5, 0.6) is 0 Å². The number of hydrogen-bond donors (Lipinski definition) is 0. The third-order valence-corrected chi connectivity index (χ3v) is 6.18. The van der Waals surface area contributed by atoms with Crippen molar-refractivity contribution >= 4 is 47.6 Å². The van der Waals surface area contributed by atoms with Crippen molar-refractivity contribution in [2.75, 3.05) is 11.9 Å². The van der Waals surface area contributed by atoms with Crippen LogP contribution in [0.1, 0.15) is 32.2 Å². The molecule has 1 aliphatic heterocycles. The number of anilines is 1. The fraction of sp³-hybridized carbons (Fsp3) is 0.240. The number of benzene rings is 2. The highest BCUT2D eigenvalue weighted by Crippen LogP contribution is 2.46. The molecule has 3 aromatic rings. The number of imidazole rings is 1. The predicted molar refractivity (Wildman–Crippen MR) is 134 cm³/mol. The summed E-state index contributed by atoms with van der Waals surface area (Å²) >= 11 is 5.40. The van der Waals surface area contributed by atoms with E-state index in [2.05, 4.69) is 30.9 Å². The van der Waals surface area contributed by atoms with Gasteiger partial charge < -0.3 is 22.2 Å². The molecule has 0 aliphatic carbocycles. The molecule has 11 heteroatoms. The van der Waals surface area contributed by atoms with E-state index >= 15 is 0 Å². The molecule has 0 fully saturated rings. The van der Waals surface area contributed by atoms with Crippen LogP contribution in [0, 0.1) is 0 Å². The minimum absolute atomic E-state index is 0.170. The molecule has 1 aliphatic rings. The van der Waals surface area contributed by atoms with Crippen LogP contribution in [0.4, 0.5) is 31.7 Å². The van der Waals surface area contributed by atoms with Gasteiger partial charge in [0.15, 0.2) is 11.0 Å². The molecular formula is C25H25BClF6N3. The topological polar surface area (TPSA) is 12.1 Å². The highest BCUT2D eigenvalue weighted by molar-refractivity contribution is 6.50. The zero-order valence-corrected chi connectivity index (χ0v) is 20.9. The summed E-state index contributed by atoms with van der Waals surface area (Å²) in [5, 5.41) is -1.37. The van der Waals surface area contributed by atoms with E-state index in [4.69, 9.17) is 11.6 Å². The number of para-hydroxylation sites is 3. The van der Waals surface area contributed by atoms with Crippen molar-refractivity contribution in [3.8, 4) is 0 Å². The molecule has 0 saturated heterocycles. The average Bonchev–Trinajstić information content (AvgIpc) is 3.21. The molecule has 0 amide bonds. The molecule has 0 unspecified atom stereocenters. The minimum atomic E-state index is -6.00. The summed E-state index contributed by atoms with van der Waals surface area (Å²) in [4.78, 5) is 2.17. The van der Waals surface area contributed by atoms with Gasteiger partial charge >= 0.3 is 13.2 Å². The van der Waals surface area contributed by atoms with E-state index in [1.54, 1.807) is 18.2 Å². The van der Waals surface area contributed by atoms with Crippen molar-refractivity contribution in [2.45, 2.75) is 32.7 Å². The Labute approximate surface area is 210 Å². The minimum Gasteiger partial charge on any atom is -0.418 e. The fourth-order valence-electron chi connectivity index (χ4n) is 4.56. The maximum atomic E-state index is 14.8. The number of halogens is 7. The number of nitrogens with zero attached hydrogens (tertiary/aromatic N) is 3. The van der Waals surface area contributed by atoms with Crippen LogP contribution in [0.25, 0.3) is 23.1 Å². The van der Waals surface area contributed by atoms with Gasteiger partial charge in [0, 0.05) is 29.9 Å². The summed E-state index contributed by atoms with van der Waals surface area (Å²) in [5.41, 5.74) is 4.73. The van der Waals surface area contributed by atoms with Crippen LogP contribution >= 0.6 is 11.6 Å². The van der Waals surface area contributed by atoms with Crippen molar-refractivity contribution in [1.82, 2.24) is 4.57 Å². The Bertz CT molecular complexity index is 1350. The average molecular weight is 528 g/mol. The van der Waals surface area contributed by atoms with Gasteiger partial charge in [-0.05, 0) is 48.4 Å². The highest BCUT2D eigenvalue weighted by atomic mass is 35.5. The molecule has 0 spiro atoms. The van der Waals surface area contributed by atoms with Crippen LogP contribution in [0.2, 0.25) is 0 Å². The quantitative estimate of drug-likeness (QED) is 0.191. The van der Waals surface area contributed by atoms with Gasteiger partial charge in [0.25, 0.3) is 11.1 Å². The van der Waals surface area contributed by atoms with Gasteiger partial charge in [-0.2, -0.15) is 13.3 Å². The Morgan fingerprint density at radius 3 is 2.19 bits per heavy atom. The fourth-order valence-corrected chi connectivity index (χ4v) is 4.65. The lowest BCUT2D eigenvalue weighted by Crippen LogP contribution is -2.35. The number of rotatable bonds is 4. The second-order valence-corrected chi connectivity index (χ2v) is 8.92. The second-order valence-electron chi connectivity index (χ2n) is 8.58. The maximum absolute atomic E-state index is 14.8. The van der Waals surface area contributed by atoms with Crippen molar-refractivity contribution in [3.05, 3.63) is 83.1 Å². The Morgan fingerprint density at radius 2 is 1.61 bits per heavy atom. The Balaban J connectivity index is 0.000000658. The van der Waals surface area contributed by atoms with Gasteiger partial charge in [-0.1, -0.05) is 50.3 Å². The van der Waals surface area contributed by atoms with Crippen molar-refractivity contribution < 1.29 is 30.6 Å². The highest BCUT2D eigenvalue weighted by Gasteiger charge is 2.37. The van der Waals surface area contributed by atoms with Crippen LogP contribution in [0.3, 0.4) is 0 Å². The Hall–Kier alpha value is -3.14. The van der Waals surface area contributed by atoms with Crippen LogP contribution in [-0.4, -0.2) is 18.9 Å². The lowest BCUT2D eigenvalue weighted by atomic mass is 9.84. The number of allylic oxidation sites excluding steroid dienone is 3. The first-order valence-electron chi connectivity index (χ1n) is 11.1. The van der Waals surface area contributed by atoms with E-state index in [1.165, 1.54) is 15.8 Å². The number of aryl methyl sites for hydroxylation is 1. The molecule has 1 aromatic heterocycles. The van der Waals surface area contributed by atoms with E-state index in [1.807, 2.05) is 55.0 Å². The molecule has 0 saturated carbocycles. The van der Waals surface area contributed by atoms with Gasteiger partial charge in [0.05, 0.1) is 6.54 Å². The molecule has 36 heavy (non-hydrogen) atoms. The Kier molecular flexibility index (Phi) is 7.98. The summed E-state index contributed by atoms with van der Waals surface area (Å²) in [5.74, 6) is -0.618. The molecule has 0 atom stereocenters. The predicted octanol–water partition coefficient (Wildman–Crippen LogP) is 7.83. The zero-order chi connectivity index (χ0) is 26.8. The lowest BCUT2D eigenvalue weighted by molar-refractivity contribution is -0.670. The standard InChI is InChI=1S/C25H25ClF2N3.BF4/c1-5-30-19-13-8-9-14-20(19)31(24(28)23(26)27)22(30)16-10-15-21-25(2,3)17-11-6-7-12-18(17)29(21)4;2-1(3,4)5/h6-16H,5H2,1-4H3;/q+1;-1/b24-23-;. The van der Waals surface area contributed by atoms with Crippen molar-refractivity contribution in [3.63, 3.8) is 0 Å². The number of aromatic nitrogens is 2. The largest absolute Gasteiger partial charge is 0.673 e. The van der Waals surface area contributed by atoms with Gasteiger partial charge in [-0.15, -0.1) is 0 Å². The molecule has 0 bridgehead atoms. The lowest BCUT2D eigenvalue weighted by Gasteiger charge is -2.23. The summed E-state index contributed by atoms with van der Waals surface area (Å²) in [6, 6.07) is 15.6. The molecule has 2 aromatic carbocycles. The first-order valence-corrected chi connectivity index (χ1v) is 11.5. The third-order valence-electron chi connectivity index (χ3n) is 6.03. The van der Waals surface area contributed by atoms with E-state index < -0.39 is 18.5 Å². The van der Waals surface area contributed by atoms with Crippen LogP contribution < -0.4 is 9.47 Å². The normalized spacial score (nSPS) is 16.9. The van der Waals surface area contributed by atoms with Gasteiger partial charge in [0.2, 0.25) is 0 Å². The summed E-state index contributed by atoms with van der Waals surface area (Å²) in [6.07, 6.45) is 5.71. The van der Waals surface area contributed by atoms with E-state index in [9.17, 15) is 26.0 Å². The molecular weight excluding hydrogens is 503 g/mol. The zero-order valence-electron chi connectivity index (χ0n) is 20.1. The van der Waals surface area contributed by atoms with E-state index in [0.29, 0.717) is 17.9 Å². The summed E-state index contributed by atoms with van der Waals surface area (Å²) < 4.78 is 70.6.